The van der Waals surface area contributed by atoms with Crippen LogP contribution >= 0.6 is 23.2 Å². The standard InChI is InChI=1S/C33H39Cl2N3O4S/c1-3-26-14-10-11-17-30(26)38(43(2,41)42)23-32(39)37(22-25-18-19-28(34)29(35)20-25)31(21-24-12-6-4-7-13-24)33(40)36-27-15-8-5-9-16-27/h4,6-7,10-14,17-20,27,31H,3,5,8-9,15-16,21-23H2,1-2H3,(H,36,40). The van der Waals surface area contributed by atoms with E-state index in [0.29, 0.717) is 27.7 Å². The number of hydrogen-bond acceptors (Lipinski definition) is 4. The highest BCUT2D eigenvalue weighted by Crippen LogP contribution is 2.27. The first-order valence-corrected chi connectivity index (χ1v) is 17.3. The molecule has 0 bridgehead atoms. The Morgan fingerprint density at radius 3 is 2.23 bits per heavy atom. The molecular formula is C33H39Cl2N3O4S. The van der Waals surface area contributed by atoms with Gasteiger partial charge in [0, 0.05) is 19.0 Å². The maximum Gasteiger partial charge on any atom is 0.244 e. The van der Waals surface area contributed by atoms with Crippen LogP contribution in [0.3, 0.4) is 0 Å². The Morgan fingerprint density at radius 2 is 1.58 bits per heavy atom. The first-order chi connectivity index (χ1) is 20.6. The molecule has 10 heteroatoms. The molecular weight excluding hydrogens is 605 g/mol. The Labute approximate surface area is 265 Å². The number of nitrogens with one attached hydrogen (secondary N) is 1. The Morgan fingerprint density at radius 1 is 0.907 bits per heavy atom. The normalized spacial score (nSPS) is 14.6. The van der Waals surface area contributed by atoms with Gasteiger partial charge in [-0.1, -0.05) is 104 Å². The van der Waals surface area contributed by atoms with Gasteiger partial charge in [-0.25, -0.2) is 8.42 Å². The molecule has 0 radical (unpaired) electrons. The highest BCUT2D eigenvalue weighted by Gasteiger charge is 2.34. The van der Waals surface area contributed by atoms with Gasteiger partial charge in [-0.3, -0.25) is 13.9 Å². The van der Waals surface area contributed by atoms with Crippen LogP contribution < -0.4 is 9.62 Å². The first kappa shape index (κ1) is 32.8. The van der Waals surface area contributed by atoms with E-state index in [4.69, 9.17) is 23.2 Å². The fourth-order valence-electron chi connectivity index (χ4n) is 5.58. The van der Waals surface area contributed by atoms with Crippen molar-refractivity contribution in [3.05, 3.63) is 99.5 Å². The van der Waals surface area contributed by atoms with E-state index >= 15 is 0 Å². The molecule has 1 aliphatic rings. The largest absolute Gasteiger partial charge is 0.352 e. The summed E-state index contributed by atoms with van der Waals surface area (Å²) in [5, 5.41) is 3.90. The van der Waals surface area contributed by atoms with Crippen LogP contribution in [0.15, 0.2) is 72.8 Å². The Balaban J connectivity index is 1.75. The summed E-state index contributed by atoms with van der Waals surface area (Å²) in [5.74, 6) is -0.758. The zero-order valence-corrected chi connectivity index (χ0v) is 27.0. The van der Waals surface area contributed by atoms with Crippen molar-refractivity contribution in [2.45, 2.75) is 70.5 Å². The number of anilines is 1. The predicted octanol–water partition coefficient (Wildman–Crippen LogP) is 6.41. The van der Waals surface area contributed by atoms with Crippen LogP contribution in [0.25, 0.3) is 0 Å². The number of nitrogens with zero attached hydrogens (tertiary/aromatic N) is 2. The van der Waals surface area contributed by atoms with E-state index in [-0.39, 0.29) is 24.9 Å². The molecule has 2 amide bonds. The third-order valence-electron chi connectivity index (χ3n) is 7.88. The van der Waals surface area contributed by atoms with Gasteiger partial charge in [0.25, 0.3) is 0 Å². The zero-order valence-electron chi connectivity index (χ0n) is 24.6. The van der Waals surface area contributed by atoms with E-state index in [9.17, 15) is 18.0 Å². The van der Waals surface area contributed by atoms with Crippen LogP contribution in [-0.2, 0) is 39.0 Å². The minimum absolute atomic E-state index is 0.0328. The average molecular weight is 645 g/mol. The van der Waals surface area contributed by atoms with Gasteiger partial charge >= 0.3 is 0 Å². The van der Waals surface area contributed by atoms with Crippen molar-refractivity contribution >= 4 is 50.7 Å². The van der Waals surface area contributed by atoms with Crippen molar-refractivity contribution in [1.82, 2.24) is 10.2 Å². The van der Waals surface area contributed by atoms with Crippen molar-refractivity contribution in [1.29, 1.82) is 0 Å². The second kappa shape index (κ2) is 15.1. The molecule has 3 aromatic carbocycles. The van der Waals surface area contributed by atoms with E-state index < -0.39 is 28.5 Å². The molecule has 1 saturated carbocycles. The number of halogens is 2. The molecule has 0 heterocycles. The van der Waals surface area contributed by atoms with Crippen LogP contribution in [0.2, 0.25) is 10.0 Å². The van der Waals surface area contributed by atoms with Crippen LogP contribution in [0.5, 0.6) is 0 Å². The second-order valence-corrected chi connectivity index (χ2v) is 13.8. The molecule has 1 unspecified atom stereocenters. The van der Waals surface area contributed by atoms with Crippen LogP contribution in [0.1, 0.15) is 55.7 Å². The van der Waals surface area contributed by atoms with Crippen molar-refractivity contribution in [2.75, 3.05) is 17.1 Å². The van der Waals surface area contributed by atoms with Crippen molar-refractivity contribution in [2.24, 2.45) is 0 Å². The highest BCUT2D eigenvalue weighted by atomic mass is 35.5. The van der Waals surface area contributed by atoms with Crippen molar-refractivity contribution in [3.63, 3.8) is 0 Å². The Kier molecular flexibility index (Phi) is 11.5. The number of carbonyl (C=O) groups is 2. The topological polar surface area (TPSA) is 86.8 Å². The number of amides is 2. The summed E-state index contributed by atoms with van der Waals surface area (Å²) < 4.78 is 27.3. The second-order valence-electron chi connectivity index (χ2n) is 11.1. The third kappa shape index (κ3) is 8.97. The van der Waals surface area contributed by atoms with Crippen molar-refractivity contribution < 1.29 is 18.0 Å². The van der Waals surface area contributed by atoms with Gasteiger partial charge in [-0.2, -0.15) is 0 Å². The highest BCUT2D eigenvalue weighted by molar-refractivity contribution is 7.92. The Hall–Kier alpha value is -3.07. The summed E-state index contributed by atoms with van der Waals surface area (Å²) >= 11 is 12.5. The Bertz CT molecular complexity index is 1510. The van der Waals surface area contributed by atoms with E-state index in [2.05, 4.69) is 5.32 Å². The lowest BCUT2D eigenvalue weighted by molar-refractivity contribution is -0.140. The molecule has 4 rings (SSSR count). The zero-order chi connectivity index (χ0) is 31.0. The number of aryl methyl sites for hydroxylation is 1. The van der Waals surface area contributed by atoms with E-state index in [1.54, 1.807) is 30.3 Å². The fraction of sp³-hybridized carbons (Fsp3) is 0.394. The van der Waals surface area contributed by atoms with Gasteiger partial charge in [-0.05, 0) is 54.2 Å². The number of benzene rings is 3. The number of rotatable bonds is 12. The maximum atomic E-state index is 14.3. The SMILES string of the molecule is CCc1ccccc1N(CC(=O)N(Cc1ccc(Cl)c(Cl)c1)C(Cc1ccccc1)C(=O)NC1CCCCC1)S(C)(=O)=O. The molecule has 0 saturated heterocycles. The number of hydrogen-bond donors (Lipinski definition) is 1. The minimum atomic E-state index is -3.85. The number of sulfonamides is 1. The number of carbonyl (C=O) groups excluding carboxylic acids is 2. The van der Waals surface area contributed by atoms with Crippen molar-refractivity contribution in [3.8, 4) is 0 Å². The monoisotopic (exact) mass is 643 g/mol. The van der Waals surface area contributed by atoms with Crippen LogP contribution in [-0.4, -0.2) is 50.0 Å². The molecule has 1 atom stereocenters. The van der Waals surface area contributed by atoms with E-state index in [1.807, 2.05) is 49.4 Å². The minimum Gasteiger partial charge on any atom is -0.352 e. The van der Waals surface area contributed by atoms with E-state index in [0.717, 1.165) is 53.8 Å². The molecule has 230 valence electrons. The lowest BCUT2D eigenvalue weighted by atomic mass is 9.94. The molecule has 3 aromatic rings. The van der Waals surface area contributed by atoms with Gasteiger partial charge in [0.2, 0.25) is 21.8 Å². The lowest BCUT2D eigenvalue weighted by Crippen LogP contribution is -2.55. The molecule has 0 aliphatic heterocycles. The van der Waals surface area contributed by atoms with Gasteiger partial charge in [0.1, 0.15) is 12.6 Å². The molecule has 43 heavy (non-hydrogen) atoms. The number of para-hydroxylation sites is 1. The maximum absolute atomic E-state index is 14.3. The summed E-state index contributed by atoms with van der Waals surface area (Å²) in [6, 6.07) is 20.9. The van der Waals surface area contributed by atoms with Crippen LogP contribution in [0, 0.1) is 0 Å². The molecule has 0 spiro atoms. The first-order valence-electron chi connectivity index (χ1n) is 14.7. The van der Waals surface area contributed by atoms with E-state index in [1.165, 1.54) is 4.90 Å². The van der Waals surface area contributed by atoms with Gasteiger partial charge in [-0.15, -0.1) is 0 Å². The predicted molar refractivity (Wildman–Crippen MR) is 174 cm³/mol. The molecule has 0 aromatic heterocycles. The average Bonchev–Trinajstić information content (AvgIpc) is 2.99. The quantitative estimate of drug-likeness (QED) is 0.247. The summed E-state index contributed by atoms with van der Waals surface area (Å²) in [4.78, 5) is 29.9. The summed E-state index contributed by atoms with van der Waals surface area (Å²) in [6.45, 7) is 1.51. The van der Waals surface area contributed by atoms with Crippen LogP contribution in [0.4, 0.5) is 5.69 Å². The fourth-order valence-corrected chi connectivity index (χ4v) is 6.78. The van der Waals surface area contributed by atoms with Gasteiger partial charge in [0.15, 0.2) is 0 Å². The summed E-state index contributed by atoms with van der Waals surface area (Å²) in [7, 11) is -3.85. The smallest absolute Gasteiger partial charge is 0.244 e. The molecule has 1 fully saturated rings. The van der Waals surface area contributed by atoms with Gasteiger partial charge < -0.3 is 10.2 Å². The molecule has 1 aliphatic carbocycles. The lowest BCUT2D eigenvalue weighted by Gasteiger charge is -2.35. The molecule has 7 nitrogen and oxygen atoms in total. The van der Waals surface area contributed by atoms with Gasteiger partial charge in [0.05, 0.1) is 22.0 Å². The summed E-state index contributed by atoms with van der Waals surface area (Å²) in [5.41, 5.74) is 2.80. The third-order valence-corrected chi connectivity index (χ3v) is 9.75. The molecule has 1 N–H and O–H groups in total. The summed E-state index contributed by atoms with van der Waals surface area (Å²) in [6.07, 6.45) is 6.94.